The van der Waals surface area contributed by atoms with Crippen LogP contribution in [0, 0.1) is 5.82 Å². The maximum atomic E-state index is 14.3. The van der Waals surface area contributed by atoms with Gasteiger partial charge in [-0.1, -0.05) is 29.8 Å². The van der Waals surface area contributed by atoms with Gasteiger partial charge in [0.2, 0.25) is 0 Å². The Morgan fingerprint density at radius 1 is 1.07 bits per heavy atom. The SMILES string of the molecule is CC1(C)OC(=O)C(=Cc2ccc(OCc3ccc(Cl)cc3)c(F)c2)C(=O)O1. The molecule has 5 nitrogen and oxygen atoms in total. The molecule has 1 fully saturated rings. The van der Waals surface area contributed by atoms with Crippen LogP contribution >= 0.6 is 11.6 Å². The van der Waals surface area contributed by atoms with Crippen molar-refractivity contribution in [1.82, 2.24) is 0 Å². The summed E-state index contributed by atoms with van der Waals surface area (Å²) in [4.78, 5) is 23.9. The smallest absolute Gasteiger partial charge is 0.348 e. The van der Waals surface area contributed by atoms with E-state index in [0.29, 0.717) is 10.6 Å². The molecule has 1 saturated heterocycles. The number of cyclic esters (lactones) is 2. The molecule has 7 heteroatoms. The summed E-state index contributed by atoms with van der Waals surface area (Å²) in [5, 5.41) is 0.602. The van der Waals surface area contributed by atoms with Gasteiger partial charge in [-0.15, -0.1) is 0 Å². The van der Waals surface area contributed by atoms with E-state index >= 15 is 0 Å². The molecule has 3 rings (SSSR count). The second kappa shape index (κ2) is 7.40. The van der Waals surface area contributed by atoms with E-state index in [0.717, 1.165) is 11.6 Å². The van der Waals surface area contributed by atoms with Crippen LogP contribution in [0.15, 0.2) is 48.0 Å². The Kier molecular flexibility index (Phi) is 5.19. The van der Waals surface area contributed by atoms with Crippen molar-refractivity contribution in [2.24, 2.45) is 0 Å². The highest BCUT2D eigenvalue weighted by Crippen LogP contribution is 2.26. The topological polar surface area (TPSA) is 61.8 Å². The van der Waals surface area contributed by atoms with Crippen LogP contribution in [0.4, 0.5) is 4.39 Å². The Morgan fingerprint density at radius 2 is 1.70 bits per heavy atom. The van der Waals surface area contributed by atoms with Crippen molar-refractivity contribution >= 4 is 29.6 Å². The number of hydrogen-bond acceptors (Lipinski definition) is 5. The summed E-state index contributed by atoms with van der Waals surface area (Å²) in [5.74, 6) is -3.55. The first-order valence-corrected chi connectivity index (χ1v) is 8.46. The quantitative estimate of drug-likeness (QED) is 0.443. The predicted octanol–water partition coefficient (Wildman–Crippen LogP) is 4.28. The number of hydrogen-bond donors (Lipinski definition) is 0. The number of carbonyl (C=O) groups excluding carboxylic acids is 2. The Balaban J connectivity index is 1.73. The summed E-state index contributed by atoms with van der Waals surface area (Å²) in [6, 6.07) is 11.1. The third-order valence-corrected chi connectivity index (χ3v) is 3.94. The van der Waals surface area contributed by atoms with Gasteiger partial charge in [0.25, 0.3) is 5.79 Å². The molecule has 0 aliphatic carbocycles. The minimum absolute atomic E-state index is 0.0435. The van der Waals surface area contributed by atoms with Gasteiger partial charge in [-0.2, -0.15) is 0 Å². The standard InChI is InChI=1S/C20H16ClFO5/c1-20(2)26-18(23)15(19(24)27-20)9-13-5-8-17(16(22)10-13)25-11-12-3-6-14(21)7-4-12/h3-10H,11H2,1-2H3. The van der Waals surface area contributed by atoms with Crippen LogP contribution < -0.4 is 4.74 Å². The van der Waals surface area contributed by atoms with Crippen molar-refractivity contribution in [3.63, 3.8) is 0 Å². The lowest BCUT2D eigenvalue weighted by Crippen LogP contribution is -2.41. The molecule has 27 heavy (non-hydrogen) atoms. The number of esters is 2. The molecule has 0 N–H and O–H groups in total. The molecule has 0 aromatic heterocycles. The van der Waals surface area contributed by atoms with Gasteiger partial charge >= 0.3 is 11.9 Å². The second-order valence-electron chi connectivity index (χ2n) is 6.34. The van der Waals surface area contributed by atoms with Crippen LogP contribution in [0.5, 0.6) is 5.75 Å². The van der Waals surface area contributed by atoms with Crippen LogP contribution in [0.2, 0.25) is 5.02 Å². The molecule has 0 spiro atoms. The molecule has 2 aromatic carbocycles. The van der Waals surface area contributed by atoms with Crippen LogP contribution in [-0.4, -0.2) is 17.7 Å². The van der Waals surface area contributed by atoms with Gasteiger partial charge in [-0.3, -0.25) is 0 Å². The van der Waals surface area contributed by atoms with Crippen molar-refractivity contribution < 1.29 is 28.2 Å². The summed E-state index contributed by atoms with van der Waals surface area (Å²) < 4.78 is 29.7. The van der Waals surface area contributed by atoms with Gasteiger partial charge < -0.3 is 14.2 Å². The molecule has 0 saturated carbocycles. The first-order valence-electron chi connectivity index (χ1n) is 8.09. The van der Waals surface area contributed by atoms with Gasteiger partial charge in [0.15, 0.2) is 11.6 Å². The molecule has 2 aromatic rings. The van der Waals surface area contributed by atoms with Crippen LogP contribution in [0.3, 0.4) is 0 Å². The van der Waals surface area contributed by atoms with E-state index in [1.165, 1.54) is 32.1 Å². The zero-order valence-corrected chi connectivity index (χ0v) is 15.4. The van der Waals surface area contributed by atoms with Crippen LogP contribution in [0.1, 0.15) is 25.0 Å². The summed E-state index contributed by atoms with van der Waals surface area (Å²) in [5.41, 5.74) is 0.832. The van der Waals surface area contributed by atoms with Crippen LogP contribution in [0.25, 0.3) is 6.08 Å². The van der Waals surface area contributed by atoms with Gasteiger partial charge in [-0.05, 0) is 41.5 Å². The number of ether oxygens (including phenoxy) is 3. The first kappa shape index (κ1) is 18.9. The van der Waals surface area contributed by atoms with E-state index < -0.39 is 23.5 Å². The van der Waals surface area contributed by atoms with Gasteiger partial charge in [0.05, 0.1) is 0 Å². The van der Waals surface area contributed by atoms with E-state index in [1.54, 1.807) is 24.3 Å². The molecule has 0 amide bonds. The Labute approximate surface area is 160 Å². The maximum Gasteiger partial charge on any atom is 0.348 e. The van der Waals surface area contributed by atoms with E-state index in [9.17, 15) is 14.0 Å². The molecule has 0 unspecified atom stereocenters. The van der Waals surface area contributed by atoms with Gasteiger partial charge in [0.1, 0.15) is 12.2 Å². The van der Waals surface area contributed by atoms with E-state index in [-0.39, 0.29) is 17.9 Å². The highest BCUT2D eigenvalue weighted by molar-refractivity contribution is 6.30. The van der Waals surface area contributed by atoms with Gasteiger partial charge in [0, 0.05) is 18.9 Å². The Morgan fingerprint density at radius 3 is 2.30 bits per heavy atom. The lowest BCUT2D eigenvalue weighted by molar-refractivity contribution is -0.222. The predicted molar refractivity (Wildman–Crippen MR) is 96.4 cm³/mol. The van der Waals surface area contributed by atoms with Gasteiger partial charge in [-0.25, -0.2) is 14.0 Å². The molecule has 1 aliphatic rings. The Hall–Kier alpha value is -2.86. The summed E-state index contributed by atoms with van der Waals surface area (Å²) in [6.07, 6.45) is 1.21. The lowest BCUT2D eigenvalue weighted by Gasteiger charge is -2.29. The van der Waals surface area contributed by atoms with Crippen molar-refractivity contribution in [3.05, 3.63) is 70.0 Å². The highest BCUT2D eigenvalue weighted by Gasteiger charge is 2.38. The average molecular weight is 391 g/mol. The number of benzene rings is 2. The minimum atomic E-state index is -1.32. The molecule has 1 aliphatic heterocycles. The Bertz CT molecular complexity index is 896. The van der Waals surface area contributed by atoms with E-state index in [4.69, 9.17) is 25.8 Å². The molecule has 0 atom stereocenters. The average Bonchev–Trinajstić information content (AvgIpc) is 2.58. The fourth-order valence-electron chi connectivity index (χ4n) is 2.41. The van der Waals surface area contributed by atoms with Crippen molar-refractivity contribution in [3.8, 4) is 5.75 Å². The fourth-order valence-corrected chi connectivity index (χ4v) is 2.54. The number of rotatable bonds is 4. The van der Waals surface area contributed by atoms with Crippen molar-refractivity contribution in [2.75, 3.05) is 0 Å². The number of carbonyl (C=O) groups is 2. The zero-order chi connectivity index (χ0) is 19.6. The minimum Gasteiger partial charge on any atom is -0.486 e. The fraction of sp³-hybridized carbons (Fsp3) is 0.200. The third-order valence-electron chi connectivity index (χ3n) is 3.69. The summed E-state index contributed by atoms with van der Waals surface area (Å²) in [7, 11) is 0. The molecule has 0 radical (unpaired) electrons. The van der Waals surface area contributed by atoms with Crippen molar-refractivity contribution in [2.45, 2.75) is 26.2 Å². The molecule has 140 valence electrons. The van der Waals surface area contributed by atoms with Crippen LogP contribution in [-0.2, 0) is 25.7 Å². The molecule has 1 heterocycles. The first-order chi connectivity index (χ1) is 12.7. The molecule has 0 bridgehead atoms. The monoisotopic (exact) mass is 390 g/mol. The van der Waals surface area contributed by atoms with Crippen molar-refractivity contribution in [1.29, 1.82) is 0 Å². The summed E-state index contributed by atoms with van der Waals surface area (Å²) in [6.45, 7) is 3.07. The molecular weight excluding hydrogens is 375 g/mol. The normalized spacial score (nSPS) is 15.8. The molecular formula is C20H16ClFO5. The maximum absolute atomic E-state index is 14.3. The second-order valence-corrected chi connectivity index (χ2v) is 6.78. The van der Waals surface area contributed by atoms with E-state index in [2.05, 4.69) is 0 Å². The number of halogens is 2. The largest absolute Gasteiger partial charge is 0.486 e. The zero-order valence-electron chi connectivity index (χ0n) is 14.6. The summed E-state index contributed by atoms with van der Waals surface area (Å²) >= 11 is 5.82. The third kappa shape index (κ3) is 4.65. The van der Waals surface area contributed by atoms with E-state index in [1.807, 2.05) is 0 Å². The lowest BCUT2D eigenvalue weighted by atomic mass is 10.1. The highest BCUT2D eigenvalue weighted by atomic mass is 35.5.